The van der Waals surface area contributed by atoms with Crippen molar-refractivity contribution < 1.29 is 9.21 Å². The monoisotopic (exact) mass is 308 g/mol. The summed E-state index contributed by atoms with van der Waals surface area (Å²) >= 11 is 5.07. The van der Waals surface area contributed by atoms with E-state index in [1.165, 1.54) is 31.8 Å². The van der Waals surface area contributed by atoms with Crippen LogP contribution in [0.3, 0.4) is 0 Å². The van der Waals surface area contributed by atoms with Crippen LogP contribution in [0.4, 0.5) is 0 Å². The average molecular weight is 308 g/mol. The van der Waals surface area contributed by atoms with Gasteiger partial charge in [0.15, 0.2) is 5.11 Å². The van der Waals surface area contributed by atoms with E-state index in [0.717, 1.165) is 18.7 Å². The Balaban J connectivity index is 2.16. The number of nitrogens with one attached hydrogen (secondary N) is 2. The summed E-state index contributed by atoms with van der Waals surface area (Å²) in [7, 11) is 0. The molecule has 0 spiro atoms. The molecule has 4 nitrogen and oxygen atoms in total. The van der Waals surface area contributed by atoms with Gasteiger partial charge in [-0.25, -0.2) is 0 Å². The van der Waals surface area contributed by atoms with Crippen LogP contribution in [0.25, 0.3) is 6.08 Å². The zero-order valence-electron chi connectivity index (χ0n) is 12.8. The lowest BCUT2D eigenvalue weighted by Gasteiger charge is -2.07. The first kappa shape index (κ1) is 17.4. The molecular weight excluding hydrogens is 284 g/mol. The predicted molar refractivity (Wildman–Crippen MR) is 90.0 cm³/mol. The summed E-state index contributed by atoms with van der Waals surface area (Å²) in [5, 5.41) is 6.02. The number of hydrogen-bond donors (Lipinski definition) is 2. The minimum Gasteiger partial charge on any atom is -0.462 e. The maximum Gasteiger partial charge on any atom is 0.250 e. The van der Waals surface area contributed by atoms with Gasteiger partial charge in [0.05, 0.1) is 0 Å². The highest BCUT2D eigenvalue weighted by Crippen LogP contribution is 2.07. The molecule has 0 aliphatic heterocycles. The molecule has 0 aliphatic rings. The van der Waals surface area contributed by atoms with Crippen LogP contribution in [0.1, 0.15) is 50.5 Å². The zero-order valence-corrected chi connectivity index (χ0v) is 13.6. The molecule has 0 saturated carbocycles. The topological polar surface area (TPSA) is 54.3 Å². The lowest BCUT2D eigenvalue weighted by atomic mass is 10.1. The van der Waals surface area contributed by atoms with Crippen molar-refractivity contribution in [3.8, 4) is 0 Å². The Morgan fingerprint density at radius 2 is 2.05 bits per heavy atom. The maximum atomic E-state index is 11.6. The van der Waals surface area contributed by atoms with Crippen molar-refractivity contribution in [1.82, 2.24) is 10.6 Å². The molecule has 0 saturated heterocycles. The fourth-order valence-electron chi connectivity index (χ4n) is 1.83. The molecule has 1 amide bonds. The number of amides is 1. The van der Waals surface area contributed by atoms with Crippen molar-refractivity contribution in [3.05, 3.63) is 29.7 Å². The van der Waals surface area contributed by atoms with Gasteiger partial charge in [-0.1, -0.05) is 32.6 Å². The van der Waals surface area contributed by atoms with Gasteiger partial charge in [-0.2, -0.15) is 0 Å². The highest BCUT2D eigenvalue weighted by molar-refractivity contribution is 7.80. The van der Waals surface area contributed by atoms with Gasteiger partial charge in [0.1, 0.15) is 11.5 Å². The Morgan fingerprint density at radius 1 is 1.29 bits per heavy atom. The Morgan fingerprint density at radius 3 is 2.71 bits per heavy atom. The van der Waals surface area contributed by atoms with Crippen LogP contribution in [0.15, 0.2) is 22.6 Å². The third-order valence-electron chi connectivity index (χ3n) is 2.96. The molecule has 0 atom stereocenters. The number of furan rings is 1. The van der Waals surface area contributed by atoms with Gasteiger partial charge in [-0.3, -0.25) is 10.1 Å². The Bertz CT molecular complexity index is 480. The van der Waals surface area contributed by atoms with Crippen molar-refractivity contribution in [2.24, 2.45) is 0 Å². The number of aryl methyl sites for hydroxylation is 1. The summed E-state index contributed by atoms with van der Waals surface area (Å²) in [6.45, 7) is 4.85. The van der Waals surface area contributed by atoms with E-state index in [9.17, 15) is 4.79 Å². The van der Waals surface area contributed by atoms with Crippen LogP contribution < -0.4 is 10.6 Å². The number of carbonyl (C=O) groups is 1. The quantitative estimate of drug-likeness (QED) is 0.438. The molecule has 1 rings (SSSR count). The first-order chi connectivity index (χ1) is 10.1. The summed E-state index contributed by atoms with van der Waals surface area (Å²) < 4.78 is 5.34. The molecule has 0 fully saturated rings. The Kier molecular flexibility index (Phi) is 8.43. The highest BCUT2D eigenvalue weighted by atomic mass is 32.1. The van der Waals surface area contributed by atoms with E-state index >= 15 is 0 Å². The number of unbranched alkanes of at least 4 members (excludes halogenated alkanes) is 4. The van der Waals surface area contributed by atoms with Gasteiger partial charge in [-0.15, -0.1) is 0 Å². The number of thiocarbonyl (C=S) groups is 1. The first-order valence-electron chi connectivity index (χ1n) is 7.45. The molecule has 0 aliphatic carbocycles. The molecule has 0 aromatic carbocycles. The predicted octanol–water partition coefficient (Wildman–Crippen LogP) is 3.56. The van der Waals surface area contributed by atoms with Crippen LogP contribution >= 0.6 is 12.2 Å². The Labute approximate surface area is 132 Å². The summed E-state index contributed by atoms with van der Waals surface area (Å²) in [6, 6.07) is 3.66. The van der Waals surface area contributed by atoms with Gasteiger partial charge in [-0.05, 0) is 43.8 Å². The number of rotatable bonds is 8. The van der Waals surface area contributed by atoms with Crippen molar-refractivity contribution in [3.63, 3.8) is 0 Å². The minimum atomic E-state index is -0.257. The second-order valence-electron chi connectivity index (χ2n) is 4.94. The lowest BCUT2D eigenvalue weighted by molar-refractivity contribution is -0.115. The first-order valence-corrected chi connectivity index (χ1v) is 7.86. The largest absolute Gasteiger partial charge is 0.462 e. The van der Waals surface area contributed by atoms with Gasteiger partial charge >= 0.3 is 0 Å². The molecule has 1 aromatic rings. The maximum absolute atomic E-state index is 11.6. The smallest absolute Gasteiger partial charge is 0.250 e. The summed E-state index contributed by atoms with van der Waals surface area (Å²) in [5.41, 5.74) is 0. The fraction of sp³-hybridized carbons (Fsp3) is 0.500. The standard InChI is InChI=1S/C16H24N2O2S/c1-3-4-5-6-7-12-17-16(21)18-15(19)11-10-14-9-8-13(2)20-14/h8-11H,3-7,12H2,1-2H3,(H2,17,18,19,21)/b11-10+. The third-order valence-corrected chi connectivity index (χ3v) is 3.21. The highest BCUT2D eigenvalue weighted by Gasteiger charge is 2.01. The van der Waals surface area contributed by atoms with Crippen LogP contribution in [0, 0.1) is 6.92 Å². The number of hydrogen-bond acceptors (Lipinski definition) is 3. The summed E-state index contributed by atoms with van der Waals surface area (Å²) in [6.07, 6.45) is 9.06. The molecular formula is C16H24N2O2S. The second kappa shape index (κ2) is 10.2. The van der Waals surface area contributed by atoms with E-state index in [0.29, 0.717) is 10.9 Å². The third kappa shape index (κ3) is 8.30. The molecule has 0 unspecified atom stereocenters. The van der Waals surface area contributed by atoms with E-state index in [4.69, 9.17) is 16.6 Å². The van der Waals surface area contributed by atoms with Crippen LogP contribution in [-0.4, -0.2) is 17.6 Å². The van der Waals surface area contributed by atoms with E-state index < -0.39 is 0 Å². The molecule has 2 N–H and O–H groups in total. The normalized spacial score (nSPS) is 10.8. The van der Waals surface area contributed by atoms with E-state index in [1.54, 1.807) is 6.08 Å². The van der Waals surface area contributed by atoms with E-state index in [2.05, 4.69) is 17.6 Å². The molecule has 116 valence electrons. The molecule has 5 heteroatoms. The van der Waals surface area contributed by atoms with Crippen LogP contribution in [0.5, 0.6) is 0 Å². The van der Waals surface area contributed by atoms with Crippen molar-refractivity contribution >= 4 is 29.3 Å². The lowest BCUT2D eigenvalue weighted by Crippen LogP contribution is -2.38. The fourth-order valence-corrected chi connectivity index (χ4v) is 2.03. The van der Waals surface area contributed by atoms with E-state index in [-0.39, 0.29) is 5.91 Å². The van der Waals surface area contributed by atoms with Gasteiger partial charge < -0.3 is 9.73 Å². The SMILES string of the molecule is CCCCCCCNC(=S)NC(=O)/C=C/c1ccc(C)o1. The molecule has 1 aromatic heterocycles. The van der Waals surface area contributed by atoms with Crippen LogP contribution in [-0.2, 0) is 4.79 Å². The molecule has 0 bridgehead atoms. The van der Waals surface area contributed by atoms with Gasteiger partial charge in [0.25, 0.3) is 0 Å². The Hall–Kier alpha value is -1.62. The molecule has 1 heterocycles. The summed E-state index contributed by atoms with van der Waals surface area (Å²) in [5.74, 6) is 1.21. The van der Waals surface area contributed by atoms with Gasteiger partial charge in [0.2, 0.25) is 5.91 Å². The molecule has 21 heavy (non-hydrogen) atoms. The average Bonchev–Trinajstić information content (AvgIpc) is 2.86. The minimum absolute atomic E-state index is 0.257. The van der Waals surface area contributed by atoms with Crippen molar-refractivity contribution in [2.75, 3.05) is 6.54 Å². The second-order valence-corrected chi connectivity index (χ2v) is 5.35. The van der Waals surface area contributed by atoms with Crippen molar-refractivity contribution in [1.29, 1.82) is 0 Å². The van der Waals surface area contributed by atoms with Crippen LogP contribution in [0.2, 0.25) is 0 Å². The summed E-state index contributed by atoms with van der Waals surface area (Å²) in [4.78, 5) is 11.6. The van der Waals surface area contributed by atoms with Gasteiger partial charge in [0, 0.05) is 12.6 Å². The van der Waals surface area contributed by atoms with Crippen molar-refractivity contribution in [2.45, 2.75) is 46.0 Å². The number of carbonyl (C=O) groups excluding carboxylic acids is 1. The molecule has 0 radical (unpaired) electrons. The zero-order chi connectivity index (χ0) is 15.5. The van der Waals surface area contributed by atoms with E-state index in [1.807, 2.05) is 19.1 Å².